The number of aromatic nitrogens is 1. The SMILES string of the molecule is c1ccc(-c2nc(-c3cccs3)c(NCCc3cccs3)s2)cc1. The number of nitrogens with zero attached hydrogens (tertiary/aromatic N) is 1. The molecule has 0 aliphatic heterocycles. The average Bonchev–Trinajstić information content (AvgIpc) is 3.37. The van der Waals surface area contributed by atoms with Crippen LogP contribution in [0.4, 0.5) is 5.00 Å². The van der Waals surface area contributed by atoms with E-state index >= 15 is 0 Å². The van der Waals surface area contributed by atoms with Gasteiger partial charge in [-0.2, -0.15) is 0 Å². The van der Waals surface area contributed by atoms with Gasteiger partial charge >= 0.3 is 0 Å². The molecule has 3 heterocycles. The molecule has 0 spiro atoms. The van der Waals surface area contributed by atoms with Crippen molar-refractivity contribution in [2.45, 2.75) is 6.42 Å². The smallest absolute Gasteiger partial charge is 0.126 e. The van der Waals surface area contributed by atoms with E-state index in [1.54, 1.807) is 22.7 Å². The minimum atomic E-state index is 0.926. The Hall–Kier alpha value is -1.95. The summed E-state index contributed by atoms with van der Waals surface area (Å²) >= 11 is 5.28. The van der Waals surface area contributed by atoms with Gasteiger partial charge in [0.1, 0.15) is 15.7 Å². The number of benzene rings is 1. The Labute approximate surface area is 153 Å². The molecule has 3 aromatic heterocycles. The standard InChI is InChI=1S/C19H16N2S3/c1-2-6-14(7-3-1)18-21-17(16-9-5-13-23-16)19(24-18)20-11-10-15-8-4-12-22-15/h1-9,12-13,20H,10-11H2. The van der Waals surface area contributed by atoms with Crippen molar-refractivity contribution in [2.75, 3.05) is 11.9 Å². The Morgan fingerprint density at radius 1 is 0.875 bits per heavy atom. The van der Waals surface area contributed by atoms with Crippen LogP contribution < -0.4 is 5.32 Å². The normalized spacial score (nSPS) is 10.8. The van der Waals surface area contributed by atoms with Gasteiger partial charge in [0.15, 0.2) is 0 Å². The molecule has 0 bridgehead atoms. The van der Waals surface area contributed by atoms with Crippen LogP contribution in [0.15, 0.2) is 65.4 Å². The molecule has 0 aliphatic rings. The van der Waals surface area contributed by atoms with Crippen LogP contribution >= 0.6 is 34.0 Å². The highest BCUT2D eigenvalue weighted by Gasteiger charge is 2.15. The number of rotatable bonds is 6. The molecule has 1 aromatic carbocycles. The summed E-state index contributed by atoms with van der Waals surface area (Å²) in [7, 11) is 0. The summed E-state index contributed by atoms with van der Waals surface area (Å²) in [5.41, 5.74) is 2.24. The molecule has 0 radical (unpaired) electrons. The third-order valence-electron chi connectivity index (χ3n) is 3.64. The molecule has 0 amide bonds. The van der Waals surface area contributed by atoms with E-state index in [0.717, 1.165) is 28.7 Å². The van der Waals surface area contributed by atoms with E-state index in [1.807, 2.05) is 17.4 Å². The van der Waals surface area contributed by atoms with Crippen molar-refractivity contribution in [3.8, 4) is 21.1 Å². The lowest BCUT2D eigenvalue weighted by Crippen LogP contribution is -2.03. The first-order valence-electron chi connectivity index (χ1n) is 7.76. The van der Waals surface area contributed by atoms with Gasteiger partial charge in [-0.15, -0.1) is 22.7 Å². The van der Waals surface area contributed by atoms with Crippen LogP contribution in [0.1, 0.15) is 4.88 Å². The molecule has 120 valence electrons. The maximum absolute atomic E-state index is 4.91. The minimum Gasteiger partial charge on any atom is -0.375 e. The topological polar surface area (TPSA) is 24.9 Å². The largest absolute Gasteiger partial charge is 0.375 e. The third kappa shape index (κ3) is 3.43. The minimum absolute atomic E-state index is 0.926. The van der Waals surface area contributed by atoms with Gasteiger partial charge in [-0.3, -0.25) is 0 Å². The van der Waals surface area contributed by atoms with Gasteiger partial charge in [-0.25, -0.2) is 4.98 Å². The van der Waals surface area contributed by atoms with Gasteiger partial charge in [0, 0.05) is 17.0 Å². The van der Waals surface area contributed by atoms with Crippen LogP contribution in [0.3, 0.4) is 0 Å². The molecule has 0 atom stereocenters. The lowest BCUT2D eigenvalue weighted by atomic mass is 10.2. The fourth-order valence-electron chi connectivity index (χ4n) is 2.48. The van der Waals surface area contributed by atoms with E-state index in [4.69, 9.17) is 4.98 Å². The highest BCUT2D eigenvalue weighted by Crippen LogP contribution is 2.39. The Morgan fingerprint density at radius 3 is 2.46 bits per heavy atom. The van der Waals surface area contributed by atoms with Crippen LogP contribution in [-0.4, -0.2) is 11.5 Å². The lowest BCUT2D eigenvalue weighted by Gasteiger charge is -2.04. The lowest BCUT2D eigenvalue weighted by molar-refractivity contribution is 1.05. The molecule has 2 nitrogen and oxygen atoms in total. The summed E-state index contributed by atoms with van der Waals surface area (Å²) in [6.45, 7) is 0.926. The van der Waals surface area contributed by atoms with Crippen LogP contribution in [-0.2, 0) is 6.42 Å². The van der Waals surface area contributed by atoms with Crippen LogP contribution in [0.25, 0.3) is 21.1 Å². The summed E-state index contributed by atoms with van der Waals surface area (Å²) in [6.07, 6.45) is 1.04. The predicted octanol–water partition coefficient (Wildman–Crippen LogP) is 6.25. The number of thiazole rings is 1. The quantitative estimate of drug-likeness (QED) is 0.435. The van der Waals surface area contributed by atoms with E-state index in [-0.39, 0.29) is 0 Å². The molecule has 0 unspecified atom stereocenters. The summed E-state index contributed by atoms with van der Waals surface area (Å²) < 4.78 is 0. The molecule has 0 fully saturated rings. The van der Waals surface area contributed by atoms with E-state index < -0.39 is 0 Å². The second-order valence-electron chi connectivity index (χ2n) is 5.30. The van der Waals surface area contributed by atoms with Crippen molar-refractivity contribution in [1.82, 2.24) is 4.98 Å². The first kappa shape index (κ1) is 15.6. The van der Waals surface area contributed by atoms with Crippen molar-refractivity contribution in [3.05, 3.63) is 70.2 Å². The maximum atomic E-state index is 4.91. The first-order chi connectivity index (χ1) is 11.9. The number of hydrogen-bond acceptors (Lipinski definition) is 5. The van der Waals surface area contributed by atoms with Crippen molar-refractivity contribution in [1.29, 1.82) is 0 Å². The Bertz CT molecular complexity index is 878. The van der Waals surface area contributed by atoms with Crippen molar-refractivity contribution >= 4 is 39.0 Å². The number of nitrogens with one attached hydrogen (secondary N) is 1. The fraction of sp³-hybridized carbons (Fsp3) is 0.105. The van der Waals surface area contributed by atoms with Crippen molar-refractivity contribution < 1.29 is 0 Å². The molecule has 0 aliphatic carbocycles. The summed E-state index contributed by atoms with van der Waals surface area (Å²) in [5, 5.41) is 10.1. The molecule has 1 N–H and O–H groups in total. The molecule has 5 heteroatoms. The Morgan fingerprint density at radius 2 is 1.71 bits per heavy atom. The summed E-state index contributed by atoms with van der Waals surface area (Å²) in [5.74, 6) is 0. The molecular weight excluding hydrogens is 352 g/mol. The molecule has 4 aromatic rings. The maximum Gasteiger partial charge on any atom is 0.126 e. The van der Waals surface area contributed by atoms with Gasteiger partial charge in [0.2, 0.25) is 0 Å². The second-order valence-corrected chi connectivity index (χ2v) is 8.28. The summed E-state index contributed by atoms with van der Waals surface area (Å²) in [4.78, 5) is 7.53. The van der Waals surface area contributed by atoms with Gasteiger partial charge < -0.3 is 5.32 Å². The Balaban J connectivity index is 1.60. The van der Waals surface area contributed by atoms with Crippen LogP contribution in [0.5, 0.6) is 0 Å². The zero-order valence-corrected chi connectivity index (χ0v) is 15.4. The second kappa shape index (κ2) is 7.30. The van der Waals surface area contributed by atoms with Gasteiger partial charge in [0.25, 0.3) is 0 Å². The van der Waals surface area contributed by atoms with E-state index in [0.29, 0.717) is 0 Å². The van der Waals surface area contributed by atoms with Crippen LogP contribution in [0.2, 0.25) is 0 Å². The van der Waals surface area contributed by atoms with E-state index in [2.05, 4.69) is 64.6 Å². The third-order valence-corrected chi connectivity index (χ3v) is 6.51. The van der Waals surface area contributed by atoms with Crippen molar-refractivity contribution in [3.63, 3.8) is 0 Å². The molecule has 0 saturated carbocycles. The van der Waals surface area contributed by atoms with E-state index in [9.17, 15) is 0 Å². The van der Waals surface area contributed by atoms with E-state index in [1.165, 1.54) is 15.3 Å². The zero-order chi connectivity index (χ0) is 16.2. The zero-order valence-electron chi connectivity index (χ0n) is 12.9. The average molecular weight is 369 g/mol. The van der Waals surface area contributed by atoms with Gasteiger partial charge in [-0.1, -0.05) is 53.8 Å². The summed E-state index contributed by atoms with van der Waals surface area (Å²) in [6, 6.07) is 18.9. The molecule has 0 saturated heterocycles. The Kier molecular flexibility index (Phi) is 4.74. The van der Waals surface area contributed by atoms with Crippen molar-refractivity contribution in [2.24, 2.45) is 0 Å². The number of thiophene rings is 2. The van der Waals surface area contributed by atoms with Gasteiger partial charge in [0.05, 0.1) is 4.88 Å². The number of hydrogen-bond donors (Lipinski definition) is 1. The van der Waals surface area contributed by atoms with Gasteiger partial charge in [-0.05, 0) is 29.3 Å². The van der Waals surface area contributed by atoms with Crippen LogP contribution in [0, 0.1) is 0 Å². The molecular formula is C19H16N2S3. The monoisotopic (exact) mass is 368 g/mol. The number of anilines is 1. The highest BCUT2D eigenvalue weighted by molar-refractivity contribution is 7.20. The highest BCUT2D eigenvalue weighted by atomic mass is 32.1. The molecule has 24 heavy (non-hydrogen) atoms. The predicted molar refractivity (Wildman–Crippen MR) is 107 cm³/mol. The fourth-order valence-corrected chi connectivity index (χ4v) is 4.98. The first-order valence-corrected chi connectivity index (χ1v) is 10.3. The molecule has 4 rings (SSSR count).